The van der Waals surface area contributed by atoms with E-state index < -0.39 is 0 Å². The Hall–Kier alpha value is -0.120. The minimum Gasteiger partial charge on any atom is -0.380 e. The average molecular weight is 187 g/mol. The van der Waals surface area contributed by atoms with Crippen LogP contribution in [0.2, 0.25) is 0 Å². The minimum atomic E-state index is -0.0536. The van der Waals surface area contributed by atoms with E-state index >= 15 is 0 Å². The highest BCUT2D eigenvalue weighted by Crippen LogP contribution is 2.17. The van der Waals surface area contributed by atoms with Crippen molar-refractivity contribution in [3.63, 3.8) is 0 Å². The highest BCUT2D eigenvalue weighted by molar-refractivity contribution is 4.79. The maximum absolute atomic E-state index is 5.87. The summed E-state index contributed by atoms with van der Waals surface area (Å²) in [7, 11) is 1.76. The summed E-state index contributed by atoms with van der Waals surface area (Å²) in [5, 5.41) is 3.31. The third-order valence-electron chi connectivity index (χ3n) is 2.12. The van der Waals surface area contributed by atoms with E-state index in [1.54, 1.807) is 7.11 Å². The lowest BCUT2D eigenvalue weighted by Gasteiger charge is -2.33. The van der Waals surface area contributed by atoms with Gasteiger partial charge in [-0.25, -0.2) is 0 Å². The molecule has 0 amide bonds. The van der Waals surface area contributed by atoms with Crippen molar-refractivity contribution in [2.75, 3.05) is 20.2 Å². The predicted octanol–water partition coefficient (Wildman–Crippen LogP) is 1.18. The van der Waals surface area contributed by atoms with Crippen molar-refractivity contribution in [2.45, 2.75) is 45.0 Å². The number of nitrogens with one attached hydrogen (secondary N) is 1. The summed E-state index contributed by atoms with van der Waals surface area (Å²) in [5.41, 5.74) is -0.0536. The summed E-state index contributed by atoms with van der Waals surface area (Å²) in [6.45, 7) is 8.15. The Morgan fingerprint density at radius 3 is 2.31 bits per heavy atom. The second kappa shape index (κ2) is 4.40. The van der Waals surface area contributed by atoms with Gasteiger partial charge in [0.25, 0.3) is 0 Å². The molecule has 1 N–H and O–H groups in total. The summed E-state index contributed by atoms with van der Waals surface area (Å²) >= 11 is 0. The molecule has 2 atom stereocenters. The first-order valence-corrected chi connectivity index (χ1v) is 4.92. The van der Waals surface area contributed by atoms with Gasteiger partial charge in [-0.15, -0.1) is 0 Å². The second-order valence-electron chi connectivity index (χ2n) is 4.60. The molecule has 1 fully saturated rings. The van der Waals surface area contributed by atoms with Crippen molar-refractivity contribution in [2.24, 2.45) is 0 Å². The molecule has 0 aliphatic carbocycles. The fourth-order valence-corrected chi connectivity index (χ4v) is 1.63. The van der Waals surface area contributed by atoms with Crippen LogP contribution in [0, 0.1) is 0 Å². The molecule has 13 heavy (non-hydrogen) atoms. The van der Waals surface area contributed by atoms with Gasteiger partial charge in [0.2, 0.25) is 0 Å². The first kappa shape index (κ1) is 11.0. The minimum absolute atomic E-state index is 0.0536. The van der Waals surface area contributed by atoms with Gasteiger partial charge in [0.15, 0.2) is 0 Å². The molecular formula is C10H21NO2. The molecule has 1 aliphatic rings. The third kappa shape index (κ3) is 4.07. The normalized spacial score (nSPS) is 30.5. The standard InChI is InChI=1S/C10H21NO2/c1-10(2,3)13-9-5-8(12-4)6-11-7-9/h8-9,11H,5-7H2,1-4H3/t8-,9+/m1/s1. The first-order chi connectivity index (χ1) is 6.01. The van der Waals surface area contributed by atoms with Crippen molar-refractivity contribution < 1.29 is 9.47 Å². The van der Waals surface area contributed by atoms with Gasteiger partial charge in [0.05, 0.1) is 17.8 Å². The molecule has 1 heterocycles. The van der Waals surface area contributed by atoms with Crippen LogP contribution in [0.15, 0.2) is 0 Å². The second-order valence-corrected chi connectivity index (χ2v) is 4.60. The van der Waals surface area contributed by atoms with Gasteiger partial charge >= 0.3 is 0 Å². The molecular weight excluding hydrogens is 166 g/mol. The maximum atomic E-state index is 5.87. The van der Waals surface area contributed by atoms with Crippen molar-refractivity contribution in [1.82, 2.24) is 5.32 Å². The number of hydrogen-bond donors (Lipinski definition) is 1. The molecule has 3 nitrogen and oxygen atoms in total. The van der Waals surface area contributed by atoms with Gasteiger partial charge in [-0.3, -0.25) is 0 Å². The molecule has 0 aromatic carbocycles. The molecule has 0 unspecified atom stereocenters. The summed E-state index contributed by atoms with van der Waals surface area (Å²) in [6, 6.07) is 0. The zero-order valence-corrected chi connectivity index (χ0v) is 9.09. The Morgan fingerprint density at radius 1 is 1.15 bits per heavy atom. The van der Waals surface area contributed by atoms with Gasteiger partial charge < -0.3 is 14.8 Å². The van der Waals surface area contributed by atoms with E-state index in [1.807, 2.05) is 0 Å². The summed E-state index contributed by atoms with van der Waals surface area (Å²) in [5.74, 6) is 0. The molecule has 0 aromatic rings. The van der Waals surface area contributed by atoms with Gasteiger partial charge in [-0.2, -0.15) is 0 Å². The van der Waals surface area contributed by atoms with Gasteiger partial charge in [-0.05, 0) is 20.8 Å². The predicted molar refractivity (Wildman–Crippen MR) is 52.9 cm³/mol. The molecule has 0 saturated carbocycles. The van der Waals surface area contributed by atoms with Crippen molar-refractivity contribution in [3.8, 4) is 0 Å². The Balaban J connectivity index is 2.34. The van der Waals surface area contributed by atoms with E-state index in [-0.39, 0.29) is 5.60 Å². The smallest absolute Gasteiger partial charge is 0.0731 e. The quantitative estimate of drug-likeness (QED) is 0.704. The molecule has 0 bridgehead atoms. The largest absolute Gasteiger partial charge is 0.380 e. The lowest BCUT2D eigenvalue weighted by molar-refractivity contribution is -0.0901. The fraction of sp³-hybridized carbons (Fsp3) is 1.00. The highest BCUT2D eigenvalue weighted by atomic mass is 16.5. The van der Waals surface area contributed by atoms with E-state index in [1.165, 1.54) is 0 Å². The zero-order valence-electron chi connectivity index (χ0n) is 9.09. The number of rotatable bonds is 2. The van der Waals surface area contributed by atoms with E-state index in [4.69, 9.17) is 9.47 Å². The fourth-order valence-electron chi connectivity index (χ4n) is 1.63. The van der Waals surface area contributed by atoms with Crippen LogP contribution in [0.1, 0.15) is 27.2 Å². The van der Waals surface area contributed by atoms with E-state index in [0.717, 1.165) is 19.5 Å². The van der Waals surface area contributed by atoms with Crippen molar-refractivity contribution in [3.05, 3.63) is 0 Å². The highest BCUT2D eigenvalue weighted by Gasteiger charge is 2.25. The SMILES string of the molecule is CO[C@H]1CNC[C@@H](OC(C)(C)C)C1. The first-order valence-electron chi connectivity index (χ1n) is 4.92. The average Bonchev–Trinajstić information content (AvgIpc) is 2.01. The molecule has 1 aliphatic heterocycles. The number of hydrogen-bond acceptors (Lipinski definition) is 3. The molecule has 3 heteroatoms. The van der Waals surface area contributed by atoms with Crippen LogP contribution in [0.4, 0.5) is 0 Å². The van der Waals surface area contributed by atoms with E-state index in [9.17, 15) is 0 Å². The zero-order chi connectivity index (χ0) is 9.90. The van der Waals surface area contributed by atoms with E-state index in [0.29, 0.717) is 12.2 Å². The topological polar surface area (TPSA) is 30.5 Å². The van der Waals surface area contributed by atoms with Crippen LogP contribution in [-0.4, -0.2) is 38.0 Å². The molecule has 0 aromatic heterocycles. The van der Waals surface area contributed by atoms with E-state index in [2.05, 4.69) is 26.1 Å². The Kier molecular flexibility index (Phi) is 3.71. The third-order valence-corrected chi connectivity index (χ3v) is 2.12. The summed E-state index contributed by atoms with van der Waals surface area (Å²) < 4.78 is 11.2. The molecule has 0 spiro atoms. The lowest BCUT2D eigenvalue weighted by atomic mass is 10.1. The van der Waals surface area contributed by atoms with Crippen LogP contribution >= 0.6 is 0 Å². The van der Waals surface area contributed by atoms with Crippen LogP contribution in [0.3, 0.4) is 0 Å². The summed E-state index contributed by atoms with van der Waals surface area (Å²) in [4.78, 5) is 0. The Bertz CT molecular complexity index is 153. The number of piperidine rings is 1. The van der Waals surface area contributed by atoms with Crippen LogP contribution in [-0.2, 0) is 9.47 Å². The van der Waals surface area contributed by atoms with Crippen LogP contribution < -0.4 is 5.32 Å². The maximum Gasteiger partial charge on any atom is 0.0731 e. The Morgan fingerprint density at radius 2 is 1.77 bits per heavy atom. The van der Waals surface area contributed by atoms with Crippen molar-refractivity contribution >= 4 is 0 Å². The Labute approximate surface area is 80.8 Å². The summed E-state index contributed by atoms with van der Waals surface area (Å²) in [6.07, 6.45) is 1.60. The van der Waals surface area contributed by atoms with Crippen LogP contribution in [0.5, 0.6) is 0 Å². The molecule has 78 valence electrons. The molecule has 1 saturated heterocycles. The van der Waals surface area contributed by atoms with Gasteiger partial charge in [0, 0.05) is 26.6 Å². The number of ether oxygens (including phenoxy) is 2. The molecule has 0 radical (unpaired) electrons. The molecule has 1 rings (SSSR count). The lowest BCUT2D eigenvalue weighted by Crippen LogP contribution is -2.46. The van der Waals surface area contributed by atoms with Gasteiger partial charge in [0.1, 0.15) is 0 Å². The van der Waals surface area contributed by atoms with Crippen LogP contribution in [0.25, 0.3) is 0 Å². The van der Waals surface area contributed by atoms with Gasteiger partial charge in [-0.1, -0.05) is 0 Å². The monoisotopic (exact) mass is 187 g/mol. The number of methoxy groups -OCH3 is 1. The van der Waals surface area contributed by atoms with Crippen molar-refractivity contribution in [1.29, 1.82) is 0 Å².